The fraction of sp³-hybridized carbons (Fsp3) is 0.111. The molecule has 0 saturated carbocycles. The summed E-state index contributed by atoms with van der Waals surface area (Å²) in [5.41, 5.74) is 1.51. The van der Waals surface area contributed by atoms with Gasteiger partial charge in [0.15, 0.2) is 0 Å². The highest BCUT2D eigenvalue weighted by Crippen LogP contribution is 2.38. The first-order valence-electron chi connectivity index (χ1n) is 7.29. The van der Waals surface area contributed by atoms with Crippen LogP contribution in [0.3, 0.4) is 0 Å². The lowest BCUT2D eigenvalue weighted by molar-refractivity contribution is -0.119. The minimum Gasteiger partial charge on any atom is -0.508 e. The van der Waals surface area contributed by atoms with E-state index in [2.05, 4.69) is 10.3 Å². The molecule has 0 saturated heterocycles. The van der Waals surface area contributed by atoms with Crippen LogP contribution in [0.25, 0.3) is 10.9 Å². The van der Waals surface area contributed by atoms with Crippen molar-refractivity contribution in [3.05, 3.63) is 64.8 Å². The van der Waals surface area contributed by atoms with Gasteiger partial charge in [0.05, 0.1) is 11.1 Å². The van der Waals surface area contributed by atoms with Crippen LogP contribution >= 0.6 is 11.6 Å². The molecule has 0 aliphatic rings. The van der Waals surface area contributed by atoms with Gasteiger partial charge in [0.2, 0.25) is 5.91 Å². The van der Waals surface area contributed by atoms with Crippen molar-refractivity contribution in [2.75, 3.05) is 0 Å². The minimum absolute atomic E-state index is 0.0400. The van der Waals surface area contributed by atoms with E-state index in [0.29, 0.717) is 27.1 Å². The maximum atomic E-state index is 11.6. The highest BCUT2D eigenvalue weighted by Gasteiger charge is 2.22. The van der Waals surface area contributed by atoms with E-state index in [-0.39, 0.29) is 17.4 Å². The summed E-state index contributed by atoms with van der Waals surface area (Å²) in [6, 6.07) is 10.9. The summed E-state index contributed by atoms with van der Waals surface area (Å²) >= 11 is 6.32. The van der Waals surface area contributed by atoms with Gasteiger partial charge < -0.3 is 15.5 Å². The average molecular weight is 343 g/mol. The van der Waals surface area contributed by atoms with Gasteiger partial charge in [-0.25, -0.2) is 0 Å². The molecule has 2 aromatic carbocycles. The van der Waals surface area contributed by atoms with Gasteiger partial charge in [0.25, 0.3) is 0 Å². The Hall–Kier alpha value is -2.79. The van der Waals surface area contributed by atoms with Gasteiger partial charge in [-0.05, 0) is 35.9 Å². The van der Waals surface area contributed by atoms with Crippen LogP contribution in [0.4, 0.5) is 0 Å². The molecule has 5 nitrogen and oxygen atoms in total. The number of rotatable bonds is 3. The highest BCUT2D eigenvalue weighted by atomic mass is 35.5. The van der Waals surface area contributed by atoms with E-state index >= 15 is 0 Å². The van der Waals surface area contributed by atoms with Gasteiger partial charge >= 0.3 is 0 Å². The molecule has 0 bridgehead atoms. The number of phenols is 2. The smallest absolute Gasteiger partial charge is 0.217 e. The van der Waals surface area contributed by atoms with Crippen molar-refractivity contribution in [3.8, 4) is 11.5 Å². The number of hydrogen-bond donors (Lipinski definition) is 3. The van der Waals surface area contributed by atoms with Crippen molar-refractivity contribution in [3.63, 3.8) is 0 Å². The summed E-state index contributed by atoms with van der Waals surface area (Å²) in [6.45, 7) is 1.39. The Morgan fingerprint density at radius 1 is 1.21 bits per heavy atom. The third-order valence-corrected chi connectivity index (χ3v) is 4.04. The van der Waals surface area contributed by atoms with Crippen molar-refractivity contribution >= 4 is 28.4 Å². The largest absolute Gasteiger partial charge is 0.508 e. The Kier molecular flexibility index (Phi) is 4.27. The molecule has 1 atom stereocenters. The van der Waals surface area contributed by atoms with Crippen LogP contribution in [-0.2, 0) is 4.79 Å². The number of fused-ring (bicyclic) bond motifs is 1. The van der Waals surface area contributed by atoms with Crippen LogP contribution < -0.4 is 5.32 Å². The molecular formula is C18H15ClN2O3. The lowest BCUT2D eigenvalue weighted by Crippen LogP contribution is -2.27. The Morgan fingerprint density at radius 2 is 1.92 bits per heavy atom. The average Bonchev–Trinajstić information content (AvgIpc) is 2.57. The number of halogens is 1. The molecule has 3 N–H and O–H groups in total. The fourth-order valence-corrected chi connectivity index (χ4v) is 2.91. The second-order valence-electron chi connectivity index (χ2n) is 5.42. The van der Waals surface area contributed by atoms with E-state index in [4.69, 9.17) is 11.6 Å². The number of phenolic OH excluding ortho intramolecular Hbond substituents is 2. The van der Waals surface area contributed by atoms with Crippen LogP contribution in [0.15, 0.2) is 48.7 Å². The van der Waals surface area contributed by atoms with Crippen molar-refractivity contribution in [2.24, 2.45) is 0 Å². The summed E-state index contributed by atoms with van der Waals surface area (Å²) in [5.74, 6) is -0.186. The summed E-state index contributed by atoms with van der Waals surface area (Å²) in [4.78, 5) is 15.8. The van der Waals surface area contributed by atoms with Crippen molar-refractivity contribution in [1.82, 2.24) is 10.3 Å². The number of amides is 1. The van der Waals surface area contributed by atoms with Crippen molar-refractivity contribution in [2.45, 2.75) is 13.0 Å². The van der Waals surface area contributed by atoms with Crippen LogP contribution in [-0.4, -0.2) is 21.1 Å². The third-order valence-electron chi connectivity index (χ3n) is 3.73. The predicted octanol–water partition coefficient (Wildman–Crippen LogP) is 3.52. The van der Waals surface area contributed by atoms with Gasteiger partial charge in [-0.2, -0.15) is 0 Å². The molecule has 0 spiro atoms. The molecule has 3 aromatic rings. The molecule has 122 valence electrons. The zero-order valence-electron chi connectivity index (χ0n) is 12.8. The number of hydrogen-bond acceptors (Lipinski definition) is 4. The molecule has 0 aliphatic carbocycles. The van der Waals surface area contributed by atoms with E-state index in [1.165, 1.54) is 19.1 Å². The normalized spacial score (nSPS) is 12.1. The standard InChI is InChI=1S/C18H15ClN2O3/c1-10(22)21-16(11-4-6-12(23)7-5-11)14-9-15(19)13-3-2-8-20-17(13)18(14)24/h2-9,16,23-24H,1H3,(H,21,22). The monoisotopic (exact) mass is 342 g/mol. The molecule has 0 aliphatic heterocycles. The number of aromatic hydroxyl groups is 2. The SMILES string of the molecule is CC(=O)NC(c1ccc(O)cc1)c1cc(Cl)c2cccnc2c1O. The lowest BCUT2D eigenvalue weighted by atomic mass is 9.96. The number of carbonyl (C=O) groups is 1. The maximum absolute atomic E-state index is 11.6. The first-order chi connectivity index (χ1) is 11.5. The van der Waals surface area contributed by atoms with E-state index in [1.54, 1.807) is 36.5 Å². The molecule has 24 heavy (non-hydrogen) atoms. The lowest BCUT2D eigenvalue weighted by Gasteiger charge is -2.21. The zero-order valence-corrected chi connectivity index (χ0v) is 13.6. The number of benzene rings is 2. The van der Waals surface area contributed by atoms with E-state index in [9.17, 15) is 15.0 Å². The minimum atomic E-state index is -0.619. The van der Waals surface area contributed by atoms with E-state index < -0.39 is 6.04 Å². The number of aromatic nitrogens is 1. The zero-order chi connectivity index (χ0) is 17.3. The molecule has 3 rings (SSSR count). The summed E-state index contributed by atoms with van der Waals surface area (Å²) in [7, 11) is 0. The number of nitrogens with one attached hydrogen (secondary N) is 1. The van der Waals surface area contributed by atoms with Crippen LogP contribution in [0.2, 0.25) is 5.02 Å². The number of pyridine rings is 1. The molecule has 1 heterocycles. The Labute approximate surface area is 143 Å². The first kappa shape index (κ1) is 16.1. The quantitative estimate of drug-likeness (QED) is 0.680. The predicted molar refractivity (Wildman–Crippen MR) is 92.2 cm³/mol. The van der Waals surface area contributed by atoms with E-state index in [0.717, 1.165) is 0 Å². The molecular weight excluding hydrogens is 328 g/mol. The van der Waals surface area contributed by atoms with Gasteiger partial charge in [0, 0.05) is 24.1 Å². The van der Waals surface area contributed by atoms with Gasteiger partial charge in [-0.15, -0.1) is 0 Å². The van der Waals surface area contributed by atoms with Crippen LogP contribution in [0.5, 0.6) is 11.5 Å². The maximum Gasteiger partial charge on any atom is 0.217 e. The fourth-order valence-electron chi connectivity index (χ4n) is 2.64. The van der Waals surface area contributed by atoms with E-state index in [1.807, 2.05) is 0 Å². The summed E-state index contributed by atoms with van der Waals surface area (Å²) in [6.07, 6.45) is 1.57. The molecule has 0 radical (unpaired) electrons. The Morgan fingerprint density at radius 3 is 2.58 bits per heavy atom. The molecule has 6 heteroatoms. The van der Waals surface area contributed by atoms with Crippen LogP contribution in [0.1, 0.15) is 24.1 Å². The second-order valence-corrected chi connectivity index (χ2v) is 5.83. The topological polar surface area (TPSA) is 82.5 Å². The molecule has 1 aromatic heterocycles. The first-order valence-corrected chi connectivity index (χ1v) is 7.67. The van der Waals surface area contributed by atoms with Gasteiger partial charge in [-0.3, -0.25) is 9.78 Å². The second kappa shape index (κ2) is 6.37. The van der Waals surface area contributed by atoms with Crippen molar-refractivity contribution in [1.29, 1.82) is 0 Å². The van der Waals surface area contributed by atoms with Gasteiger partial charge in [0.1, 0.15) is 17.0 Å². The van der Waals surface area contributed by atoms with Crippen molar-refractivity contribution < 1.29 is 15.0 Å². The Bertz CT molecular complexity index is 910. The van der Waals surface area contributed by atoms with Crippen LogP contribution in [0, 0.1) is 0 Å². The highest BCUT2D eigenvalue weighted by molar-refractivity contribution is 6.35. The Balaban J connectivity index is 2.21. The summed E-state index contributed by atoms with van der Waals surface area (Å²) in [5, 5.41) is 24.0. The molecule has 0 fully saturated rings. The number of carbonyl (C=O) groups excluding carboxylic acids is 1. The van der Waals surface area contributed by atoms with Gasteiger partial charge in [-0.1, -0.05) is 23.7 Å². The number of nitrogens with zero attached hydrogens (tertiary/aromatic N) is 1. The molecule has 1 unspecified atom stereocenters. The molecule has 1 amide bonds. The third kappa shape index (κ3) is 2.98. The summed E-state index contributed by atoms with van der Waals surface area (Å²) < 4.78 is 0.